The molecular weight excluding hydrogens is 1980 g/mol. The van der Waals surface area contributed by atoms with Crippen LogP contribution in [-0.2, 0) is 42.3 Å². The first-order valence-corrected chi connectivity index (χ1v) is 62.7. The Bertz CT molecular complexity index is 1990. The van der Waals surface area contributed by atoms with Crippen LogP contribution in [0.4, 0.5) is 0 Å². The van der Waals surface area contributed by atoms with Crippen molar-refractivity contribution in [3.8, 4) is 0 Å². The van der Waals surface area contributed by atoms with Gasteiger partial charge in [-0.05, 0) is 148 Å². The Morgan fingerprint density at radius 2 is 0.221 bits per heavy atom. The van der Waals surface area contributed by atoms with Crippen molar-refractivity contribution in [3.63, 3.8) is 0 Å². The fraction of sp³-hybridized carbons (Fsp3) is 0.945. The summed E-state index contributed by atoms with van der Waals surface area (Å²) in [5, 5.41) is 68.3. The van der Waals surface area contributed by atoms with E-state index in [-0.39, 0.29) is 13.5 Å². The van der Waals surface area contributed by atoms with Gasteiger partial charge in [0.25, 0.3) is 0 Å². The molecule has 0 bridgehead atoms. The standard InChI is InChI=1S/6C18H36O2S.2CH3.S.2Sn.2H/c6*1-15(2)11-7-5-9-13-18(21,17(19)20)14-10-6-8-12-16(3)4;;;;;;;/h6*15-16,21H,5-14H2,1-4H3,(H,19,20);2*1H3;;;;;/q;;;;;;;;-2;2*+2;;/p-6. The van der Waals surface area contributed by atoms with Gasteiger partial charge < -0.3 is 72.9 Å². The van der Waals surface area contributed by atoms with E-state index < -0.39 is 64.3 Å². The van der Waals surface area contributed by atoms with Crippen molar-refractivity contribution < 1.29 is 59.4 Å². The van der Waals surface area contributed by atoms with Crippen molar-refractivity contribution in [2.24, 2.45) is 71.0 Å². The van der Waals surface area contributed by atoms with Gasteiger partial charge in [0.15, 0.2) is 0 Å². The number of aliphatic carboxylic acids is 6. The zero-order chi connectivity index (χ0) is 102. The number of hydrogen-bond donors (Lipinski definition) is 6. The van der Waals surface area contributed by atoms with Crippen molar-refractivity contribution in [2.45, 2.75) is 590 Å². The number of hydrogen-bond acceptors (Lipinski definition) is 18. The van der Waals surface area contributed by atoms with E-state index >= 15 is 0 Å². The number of carbonyl (C=O) groups excluding carboxylic acids is 6. The normalized spacial score (nSPS) is 11.9. The van der Waals surface area contributed by atoms with Gasteiger partial charge in [0.05, 0.1) is 64.3 Å². The molecule has 0 heterocycles. The van der Waals surface area contributed by atoms with Crippen LogP contribution in [0.1, 0.15) is 551 Å². The molecule has 12 nitrogen and oxygen atoms in total. The maximum atomic E-state index is 11.4. The van der Waals surface area contributed by atoms with Crippen LogP contribution < -0.4 is 30.6 Å². The minimum absolute atomic E-state index is 0. The SMILES string of the molecule is CC(C)CCCCCC(S)(CCCCCC(C)C)C(=O)[O-].CC(C)CCCCCC(S)(CCCCCC(C)C)C(=O)[O-].CC(C)CCCCCC(S)(CCCCCC(C)C)C(=O)[O-].CC(C)CCCCCC(S)(CCCCCC(C)C)C(=O)[O-].CC(C)CCCCCC(S)(CCCCCC(C)C)C(=O)[O-].CC(C)CCCCCC(S)(CCCCCC(C)C)C(=O)[O-].[CH3][SnH+2].[CH3][SnH+2].[S-2]. The Balaban J connectivity index is -0.000000193. The molecule has 0 N–H and O–H groups in total. The van der Waals surface area contributed by atoms with E-state index in [1.165, 1.54) is 199 Å². The average molecular weight is 2190 g/mol. The second-order valence-corrected chi connectivity index (χ2v) is 49.0. The van der Waals surface area contributed by atoms with Crippen LogP contribution in [0.2, 0.25) is 9.88 Å². The Morgan fingerprint density at radius 3 is 0.267 bits per heavy atom. The van der Waals surface area contributed by atoms with Crippen molar-refractivity contribution in [2.75, 3.05) is 0 Å². The van der Waals surface area contributed by atoms with Crippen LogP contribution in [0, 0.1) is 71.0 Å². The van der Waals surface area contributed by atoms with E-state index in [1.807, 2.05) is 0 Å². The topological polar surface area (TPSA) is 241 Å². The van der Waals surface area contributed by atoms with Crippen molar-refractivity contribution in [1.82, 2.24) is 0 Å². The molecule has 131 heavy (non-hydrogen) atoms. The Hall–Kier alpha value is 0.867. The van der Waals surface area contributed by atoms with E-state index in [4.69, 9.17) is 0 Å². The molecule has 0 saturated carbocycles. The van der Waals surface area contributed by atoms with Crippen LogP contribution >= 0.6 is 75.8 Å². The third-order valence-corrected chi connectivity index (χ3v) is 28.5. The molecule has 0 unspecified atom stereocenters. The van der Waals surface area contributed by atoms with Gasteiger partial charge >= 0.3 is 54.9 Å². The smallest absolute Gasteiger partial charge is 2.00 e. The predicted molar refractivity (Wildman–Crippen MR) is 589 cm³/mol. The van der Waals surface area contributed by atoms with Gasteiger partial charge in [-0.1, -0.05) is 474 Å². The summed E-state index contributed by atoms with van der Waals surface area (Å²) in [6.45, 7) is 53.4. The average Bonchev–Trinajstić information content (AvgIpc) is 0.906. The maximum Gasteiger partial charge on any atom is -2.00 e. The van der Waals surface area contributed by atoms with E-state index in [0.29, 0.717) is 77.0 Å². The van der Waals surface area contributed by atoms with Gasteiger partial charge in [-0.15, -0.1) is 0 Å². The van der Waals surface area contributed by atoms with Gasteiger partial charge in [-0.3, -0.25) is 0 Å². The summed E-state index contributed by atoms with van der Waals surface area (Å²) >= 11 is 29.3. The van der Waals surface area contributed by atoms with Crippen molar-refractivity contribution in [3.05, 3.63) is 0 Å². The molecule has 0 rings (SSSR count). The molecule has 0 aromatic carbocycles. The van der Waals surface area contributed by atoms with Crippen LogP contribution in [0.15, 0.2) is 0 Å². The van der Waals surface area contributed by atoms with Gasteiger partial charge in [-0.2, -0.15) is 75.8 Å². The monoisotopic (exact) mass is 2200 g/mol. The van der Waals surface area contributed by atoms with Gasteiger partial charge in [0.2, 0.25) is 0 Å². The van der Waals surface area contributed by atoms with Gasteiger partial charge in [0, 0.05) is 0 Å². The van der Waals surface area contributed by atoms with E-state index in [1.54, 1.807) is 0 Å². The van der Waals surface area contributed by atoms with Crippen LogP contribution in [0.25, 0.3) is 0 Å². The molecule has 0 fully saturated rings. The van der Waals surface area contributed by atoms with Crippen molar-refractivity contribution in [1.29, 1.82) is 0 Å². The first kappa shape index (κ1) is 150. The molecule has 0 radical (unpaired) electrons. The van der Waals surface area contributed by atoms with Crippen LogP contribution in [0.5, 0.6) is 0 Å². The number of carboxylic acid groups (broad SMARTS) is 6. The number of carboxylic acids is 6. The minimum Gasteiger partial charge on any atom is -2.00 e. The molecule has 0 saturated heterocycles. The third kappa shape index (κ3) is 104. The zero-order valence-electron chi connectivity index (χ0n) is 90.5. The Morgan fingerprint density at radius 1 is 0.160 bits per heavy atom. The summed E-state index contributed by atoms with van der Waals surface area (Å²) in [5.41, 5.74) is 0. The number of carbonyl (C=O) groups is 6. The maximum absolute atomic E-state index is 11.4. The summed E-state index contributed by atoms with van der Waals surface area (Å²) < 4.78 is -5.53. The summed E-state index contributed by atoms with van der Waals surface area (Å²) in [5.74, 6) is 2.83. The molecule has 0 aliphatic carbocycles. The summed E-state index contributed by atoms with van der Waals surface area (Å²) in [6, 6.07) is 0. The van der Waals surface area contributed by atoms with Crippen LogP contribution in [0.3, 0.4) is 0 Å². The van der Waals surface area contributed by atoms with E-state index in [0.717, 1.165) is 225 Å². The molecule has 0 aliphatic rings. The first-order chi connectivity index (χ1) is 60.7. The van der Waals surface area contributed by atoms with Crippen molar-refractivity contribution >= 4 is 170 Å². The number of rotatable bonds is 78. The number of thiol groups is 6. The predicted octanol–water partition coefficient (Wildman–Crippen LogP) is 27.6. The fourth-order valence-corrected chi connectivity index (χ4v) is 17.6. The second kappa shape index (κ2) is 97.0. The third-order valence-electron chi connectivity index (χ3n) is 24.7. The Kier molecular flexibility index (Phi) is 111. The van der Waals surface area contributed by atoms with E-state index in [9.17, 15) is 59.4 Å². The molecule has 0 amide bonds. The largest absolute Gasteiger partial charge is 2.00 e. The molecule has 0 aliphatic heterocycles. The molecule has 784 valence electrons. The van der Waals surface area contributed by atoms with Gasteiger partial charge in [0.1, 0.15) is 0 Å². The van der Waals surface area contributed by atoms with Crippen LogP contribution in [-0.4, -0.2) is 109 Å². The molecular formula is C110H218O12S7Sn2-4. The number of unbranched alkanes of at least 4 members (excludes halogenated alkanes) is 24. The summed E-state index contributed by atoms with van der Waals surface area (Å²) in [7, 11) is 0. The molecule has 21 heteroatoms. The van der Waals surface area contributed by atoms with Gasteiger partial charge in [-0.25, -0.2) is 0 Å². The van der Waals surface area contributed by atoms with E-state index in [2.05, 4.69) is 252 Å². The molecule has 0 aromatic rings. The zero-order valence-corrected chi connectivity index (χ0v) is 103. The summed E-state index contributed by atoms with van der Waals surface area (Å²) in [6.07, 6.45) is 61.0. The quantitative estimate of drug-likeness (QED) is 0.0189. The Labute approximate surface area is 882 Å². The fourth-order valence-electron chi connectivity index (χ4n) is 15.7. The molecule has 0 atom stereocenters. The minimum atomic E-state index is -0.987. The first-order valence-electron chi connectivity index (χ1n) is 53.4. The molecule has 0 aromatic heterocycles. The summed E-state index contributed by atoms with van der Waals surface area (Å²) in [4.78, 5) is 72.5. The second-order valence-electron chi connectivity index (χ2n) is 43.8. The molecule has 0 spiro atoms.